The summed E-state index contributed by atoms with van der Waals surface area (Å²) in [7, 11) is 6.68. The largest absolute Gasteiger partial charge is 0.507 e. The third-order valence-electron chi connectivity index (χ3n) is 14.4. The number of ether oxygens (including phenoxy) is 3. The van der Waals surface area contributed by atoms with Crippen molar-refractivity contribution in [1.29, 1.82) is 0 Å². The van der Waals surface area contributed by atoms with Crippen molar-refractivity contribution >= 4 is 34.7 Å². The highest BCUT2D eigenvalue weighted by Crippen LogP contribution is 2.52. The summed E-state index contributed by atoms with van der Waals surface area (Å²) in [5, 5.41) is 49.9. The number of phenols is 2. The van der Waals surface area contributed by atoms with Crippen LogP contribution in [0.3, 0.4) is 0 Å². The molecule has 1 fully saturated rings. The predicted octanol–water partition coefficient (Wildman–Crippen LogP) is 5.15. The van der Waals surface area contributed by atoms with E-state index in [2.05, 4.69) is 5.32 Å². The van der Waals surface area contributed by atoms with E-state index in [-0.39, 0.29) is 77.5 Å². The van der Waals surface area contributed by atoms with Crippen LogP contribution >= 0.6 is 0 Å². The number of Topliss-reactive ketones (excluding diaryl/α,β-unsaturated/α-hetero) is 4. The van der Waals surface area contributed by atoms with E-state index in [0.29, 0.717) is 29.2 Å². The quantitative estimate of drug-likeness (QED) is 0.0622. The van der Waals surface area contributed by atoms with Gasteiger partial charge in [0.1, 0.15) is 22.8 Å². The van der Waals surface area contributed by atoms with E-state index in [4.69, 9.17) is 14.2 Å². The topological polar surface area (TPSA) is 238 Å². The molecule has 6 aromatic rings. The number of ketones is 6. The third kappa shape index (κ3) is 9.14. The molecule has 17 heteroatoms. The second-order valence-corrected chi connectivity index (χ2v) is 19.3. The molecule has 0 spiro atoms. The number of fused-ring (bicyclic) bond motifs is 3. The average molecular weight is 981 g/mol. The Morgan fingerprint density at radius 1 is 0.764 bits per heavy atom. The molecule has 4 heterocycles. The lowest BCUT2D eigenvalue weighted by Crippen LogP contribution is -2.54. The standard InChI is InChI=1S/C55H56N4O13/c1-28-50(64)36(22-45(71-28)72-44-24-55(69,29(2)60)23-35-47(44)54(68)49-48(52(35)66)51(65)34-9-7-11-43(70-6)46(34)53(49)67)56-25-31-14-12-30(13-15-31)19-41(62)38-18-33(27-58(38)4)21-42(63)39-17-32(26-59(39)5)20-40(61)37-10-8-16-57(37)3/h7-18,26-28,36,44-45,50,56,64,66,68-69H,19-25H2,1-6H3/t28?,36?,44-,45?,50?,55+/m0/s1. The molecule has 3 aromatic heterocycles. The van der Waals surface area contributed by atoms with Crippen LogP contribution in [0.1, 0.15) is 129 Å². The van der Waals surface area contributed by atoms with Gasteiger partial charge < -0.3 is 53.7 Å². The number of benzene rings is 3. The number of rotatable bonds is 16. The van der Waals surface area contributed by atoms with Gasteiger partial charge in [-0.15, -0.1) is 0 Å². The van der Waals surface area contributed by atoms with Crippen molar-refractivity contribution in [2.24, 2.45) is 21.1 Å². The lowest BCUT2D eigenvalue weighted by atomic mass is 9.72. The van der Waals surface area contributed by atoms with Crippen LogP contribution < -0.4 is 10.1 Å². The third-order valence-corrected chi connectivity index (χ3v) is 14.4. The van der Waals surface area contributed by atoms with Crippen molar-refractivity contribution in [3.05, 3.63) is 158 Å². The SMILES string of the molecule is COc1cccc2c1C(=O)c1c(O)c3c(c(O)c1C2=O)C[C@](O)(C(C)=O)C[C@@H]3OC1CC(NCc2ccc(CC(=O)c3cc(CC(=O)c4cc(CC(=O)c5cccn5C)cn4C)cn3C)cc2)C(O)C(C)O1. The Morgan fingerprint density at radius 2 is 1.36 bits per heavy atom. The molecule has 3 aromatic carbocycles. The number of methoxy groups -OCH3 is 1. The van der Waals surface area contributed by atoms with Crippen LogP contribution in [0.15, 0.2) is 85.3 Å². The summed E-state index contributed by atoms with van der Waals surface area (Å²) in [5.74, 6) is -3.68. The summed E-state index contributed by atoms with van der Waals surface area (Å²) in [6.07, 6.45) is 0.755. The first-order valence-corrected chi connectivity index (χ1v) is 23.7. The van der Waals surface area contributed by atoms with Gasteiger partial charge in [0.05, 0.1) is 59.2 Å². The number of aliphatic hydroxyl groups excluding tert-OH is 1. The molecule has 2 aliphatic carbocycles. The first-order chi connectivity index (χ1) is 34.3. The molecule has 1 aliphatic heterocycles. The first kappa shape index (κ1) is 49.7. The predicted molar refractivity (Wildman–Crippen MR) is 260 cm³/mol. The highest BCUT2D eigenvalue weighted by atomic mass is 16.7. The van der Waals surface area contributed by atoms with Gasteiger partial charge in [0.25, 0.3) is 0 Å². The number of carbonyl (C=O) groups excluding carboxylic acids is 6. The molecule has 0 bridgehead atoms. The molecule has 0 radical (unpaired) electrons. The van der Waals surface area contributed by atoms with E-state index in [9.17, 15) is 49.2 Å². The Labute approximate surface area is 414 Å². The number of nitrogens with zero attached hydrogens (tertiary/aromatic N) is 3. The van der Waals surface area contributed by atoms with Crippen LogP contribution in [0.25, 0.3) is 0 Å². The second kappa shape index (κ2) is 19.4. The second-order valence-electron chi connectivity index (χ2n) is 19.3. The number of hydrogen-bond donors (Lipinski definition) is 5. The fraction of sp³-hybridized carbons (Fsp3) is 0.345. The number of nitrogens with one attached hydrogen (secondary N) is 1. The van der Waals surface area contributed by atoms with Crippen molar-refractivity contribution < 1.29 is 63.4 Å². The smallest absolute Gasteiger partial charge is 0.202 e. The Kier molecular flexibility index (Phi) is 13.4. The minimum Gasteiger partial charge on any atom is -0.507 e. The molecule has 9 rings (SSSR count). The van der Waals surface area contributed by atoms with E-state index < -0.39 is 82.6 Å². The zero-order valence-electron chi connectivity index (χ0n) is 40.7. The van der Waals surface area contributed by atoms with Crippen LogP contribution in [-0.2, 0) is 67.6 Å². The number of carbonyl (C=O) groups is 6. The molecule has 72 heavy (non-hydrogen) atoms. The summed E-state index contributed by atoms with van der Waals surface area (Å²) >= 11 is 0. The highest BCUT2D eigenvalue weighted by Gasteiger charge is 2.49. The van der Waals surface area contributed by atoms with Crippen LogP contribution in [0.4, 0.5) is 0 Å². The number of aliphatic hydroxyl groups is 2. The molecule has 0 amide bonds. The van der Waals surface area contributed by atoms with Gasteiger partial charge in [0.2, 0.25) is 5.78 Å². The van der Waals surface area contributed by atoms with Gasteiger partial charge in [-0.25, -0.2) is 0 Å². The van der Waals surface area contributed by atoms with Crippen molar-refractivity contribution in [2.75, 3.05) is 7.11 Å². The Balaban J connectivity index is 0.845. The number of hydrogen-bond acceptors (Lipinski definition) is 14. The molecule has 1 saturated heterocycles. The first-order valence-electron chi connectivity index (χ1n) is 23.7. The molecule has 17 nitrogen and oxygen atoms in total. The Bertz CT molecular complexity index is 3200. The van der Waals surface area contributed by atoms with Crippen LogP contribution in [0.5, 0.6) is 17.2 Å². The highest BCUT2D eigenvalue weighted by molar-refractivity contribution is 6.31. The van der Waals surface area contributed by atoms with Crippen molar-refractivity contribution in [3.63, 3.8) is 0 Å². The van der Waals surface area contributed by atoms with Gasteiger partial charge in [-0.05, 0) is 66.4 Å². The normalized spacial score (nSPS) is 21.5. The van der Waals surface area contributed by atoms with Crippen molar-refractivity contribution in [1.82, 2.24) is 19.0 Å². The summed E-state index contributed by atoms with van der Waals surface area (Å²) in [6.45, 7) is 3.14. The van der Waals surface area contributed by atoms with Crippen molar-refractivity contribution in [3.8, 4) is 17.2 Å². The zero-order chi connectivity index (χ0) is 51.5. The zero-order valence-corrected chi connectivity index (χ0v) is 40.7. The summed E-state index contributed by atoms with van der Waals surface area (Å²) < 4.78 is 23.1. The Morgan fingerprint density at radius 3 is 1.96 bits per heavy atom. The molecule has 4 unspecified atom stereocenters. The van der Waals surface area contributed by atoms with Crippen LogP contribution in [0.2, 0.25) is 0 Å². The minimum absolute atomic E-state index is 0.0421. The van der Waals surface area contributed by atoms with Crippen LogP contribution in [0, 0.1) is 0 Å². The summed E-state index contributed by atoms with van der Waals surface area (Å²) in [5.41, 5.74) is 1.23. The maximum absolute atomic E-state index is 14.1. The fourth-order valence-electron chi connectivity index (χ4n) is 10.4. The van der Waals surface area contributed by atoms with Gasteiger partial charge in [-0.1, -0.05) is 36.4 Å². The van der Waals surface area contributed by atoms with Gasteiger partial charge in [-0.3, -0.25) is 28.8 Å². The summed E-state index contributed by atoms with van der Waals surface area (Å²) in [6, 6.07) is 18.3. The van der Waals surface area contributed by atoms with E-state index >= 15 is 0 Å². The van der Waals surface area contributed by atoms with Crippen LogP contribution in [-0.4, -0.2) is 106 Å². The van der Waals surface area contributed by atoms with Gasteiger partial charge in [0.15, 0.2) is 35.2 Å². The van der Waals surface area contributed by atoms with E-state index in [1.807, 2.05) is 43.6 Å². The molecule has 5 N–H and O–H groups in total. The maximum Gasteiger partial charge on any atom is 0.202 e. The molecule has 3 aliphatic rings. The minimum atomic E-state index is -2.08. The fourth-order valence-corrected chi connectivity index (χ4v) is 10.4. The van der Waals surface area contributed by atoms with E-state index in [0.717, 1.165) is 16.7 Å². The average Bonchev–Trinajstić information content (AvgIpc) is 4.06. The Hall–Kier alpha value is -7.28. The van der Waals surface area contributed by atoms with Gasteiger partial charge in [0, 0.05) is 108 Å². The lowest BCUT2D eigenvalue weighted by Gasteiger charge is -2.43. The lowest BCUT2D eigenvalue weighted by molar-refractivity contribution is -0.249. The molecular weight excluding hydrogens is 925 g/mol. The van der Waals surface area contributed by atoms with Gasteiger partial charge >= 0.3 is 0 Å². The molecule has 0 saturated carbocycles. The monoisotopic (exact) mass is 980 g/mol. The van der Waals surface area contributed by atoms with E-state index in [1.54, 1.807) is 65.3 Å². The number of aromatic nitrogens is 3. The van der Waals surface area contributed by atoms with Gasteiger partial charge in [-0.2, -0.15) is 0 Å². The van der Waals surface area contributed by atoms with Crippen molar-refractivity contribution in [2.45, 2.75) is 95.2 Å². The van der Waals surface area contributed by atoms with E-state index in [1.165, 1.54) is 32.2 Å². The number of aryl methyl sites for hydroxylation is 3. The summed E-state index contributed by atoms with van der Waals surface area (Å²) in [4.78, 5) is 80.7. The number of phenolic OH excluding ortho intramolecular Hbond substituents is 2. The molecular formula is C55H56N4O13. The molecule has 6 atom stereocenters. The number of aromatic hydroxyl groups is 2. The maximum atomic E-state index is 14.1. The molecule has 374 valence electrons.